The number of hydrogen-bond acceptors (Lipinski definition) is 2. The zero-order chi connectivity index (χ0) is 18.9. The number of nitrogens with zero attached hydrogens (tertiary/aromatic N) is 2. The largest absolute Gasteiger partial charge is 0.300 e. The standard InChI is InChI=1S/C12H20N2.C8H11F.CH5P/c13-10-11-4-6-12(7-5-11)14-8-2-1-3-9-14;1-3-4-5-6-7-8(2)9;1-2/h11-12H,1-9H2;3-6H,2,7H2,1H3;2H2,1H3/b;4-3-,6-5-;. The van der Waals surface area contributed by atoms with Crippen LogP contribution in [0.2, 0.25) is 0 Å². The molecule has 1 saturated heterocycles. The minimum absolute atomic E-state index is 0.296. The normalized spacial score (nSPS) is 24.0. The molecule has 2 fully saturated rings. The summed E-state index contributed by atoms with van der Waals surface area (Å²) < 4.78 is 11.9. The first-order valence-electron chi connectivity index (χ1n) is 9.49. The molecule has 0 radical (unpaired) electrons. The van der Waals surface area contributed by atoms with Gasteiger partial charge in [-0.15, -0.1) is 9.24 Å². The maximum Gasteiger partial charge on any atom is 0.0965 e. The van der Waals surface area contributed by atoms with Crippen LogP contribution in [-0.4, -0.2) is 30.7 Å². The van der Waals surface area contributed by atoms with Gasteiger partial charge in [-0.25, -0.2) is 4.39 Å². The molecule has 1 aliphatic carbocycles. The molecule has 142 valence electrons. The smallest absolute Gasteiger partial charge is 0.0965 e. The lowest BCUT2D eigenvalue weighted by atomic mass is 9.85. The van der Waals surface area contributed by atoms with E-state index in [4.69, 9.17) is 5.26 Å². The van der Waals surface area contributed by atoms with Crippen molar-refractivity contribution >= 4 is 9.24 Å². The highest BCUT2D eigenvalue weighted by atomic mass is 31.0. The van der Waals surface area contributed by atoms with E-state index < -0.39 is 0 Å². The van der Waals surface area contributed by atoms with E-state index >= 15 is 0 Å². The van der Waals surface area contributed by atoms with Crippen molar-refractivity contribution in [3.8, 4) is 6.07 Å². The van der Waals surface area contributed by atoms with E-state index in [1.54, 1.807) is 12.2 Å². The number of hydrogen-bond donors (Lipinski definition) is 0. The molecule has 1 atom stereocenters. The summed E-state index contributed by atoms with van der Waals surface area (Å²) in [5.74, 6) is 0.0618. The Balaban J connectivity index is 0.000000458. The Kier molecular flexibility index (Phi) is 15.9. The van der Waals surface area contributed by atoms with Crippen molar-refractivity contribution in [2.45, 2.75) is 64.3 Å². The number of halogens is 1. The highest BCUT2D eigenvalue weighted by molar-refractivity contribution is 7.15. The van der Waals surface area contributed by atoms with E-state index in [9.17, 15) is 4.39 Å². The van der Waals surface area contributed by atoms with Crippen LogP contribution in [0.3, 0.4) is 0 Å². The summed E-state index contributed by atoms with van der Waals surface area (Å²) in [6.07, 6.45) is 16.6. The lowest BCUT2D eigenvalue weighted by molar-refractivity contribution is 0.122. The van der Waals surface area contributed by atoms with Gasteiger partial charge in [0.1, 0.15) is 0 Å². The molecule has 25 heavy (non-hydrogen) atoms. The number of rotatable bonds is 4. The van der Waals surface area contributed by atoms with Crippen LogP contribution >= 0.6 is 9.24 Å². The molecule has 0 N–H and O–H groups in total. The van der Waals surface area contributed by atoms with Crippen molar-refractivity contribution < 1.29 is 4.39 Å². The fraction of sp³-hybridized carbons (Fsp3) is 0.667. The number of piperidine rings is 1. The van der Waals surface area contributed by atoms with Crippen LogP contribution in [0, 0.1) is 17.2 Å². The Morgan fingerprint density at radius 2 is 1.76 bits per heavy atom. The molecular weight excluding hydrogens is 330 g/mol. The maximum atomic E-state index is 11.9. The van der Waals surface area contributed by atoms with Gasteiger partial charge in [0.05, 0.1) is 11.9 Å². The Morgan fingerprint density at radius 1 is 1.16 bits per heavy atom. The zero-order valence-electron chi connectivity index (χ0n) is 16.1. The fourth-order valence-electron chi connectivity index (χ4n) is 3.24. The molecular formula is C21H36FN2P. The van der Waals surface area contributed by atoms with Crippen LogP contribution in [-0.2, 0) is 0 Å². The Hall–Kier alpha value is -0.970. The first kappa shape index (κ1) is 24.0. The lowest BCUT2D eigenvalue weighted by Crippen LogP contribution is -2.41. The fourth-order valence-corrected chi connectivity index (χ4v) is 3.24. The van der Waals surface area contributed by atoms with Gasteiger partial charge in [-0.1, -0.05) is 44.0 Å². The third-order valence-corrected chi connectivity index (χ3v) is 4.57. The summed E-state index contributed by atoms with van der Waals surface area (Å²) in [6, 6.07) is 3.21. The third-order valence-electron chi connectivity index (χ3n) is 4.57. The summed E-state index contributed by atoms with van der Waals surface area (Å²) in [5, 5.41) is 8.82. The van der Waals surface area contributed by atoms with Gasteiger partial charge >= 0.3 is 0 Å². The average molecular weight is 367 g/mol. The Labute approximate surface area is 157 Å². The first-order valence-corrected chi connectivity index (χ1v) is 10.6. The van der Waals surface area contributed by atoms with Crippen molar-refractivity contribution in [3.05, 3.63) is 36.7 Å². The lowest BCUT2D eigenvalue weighted by Gasteiger charge is -2.37. The van der Waals surface area contributed by atoms with E-state index in [2.05, 4.69) is 26.8 Å². The highest BCUT2D eigenvalue weighted by Gasteiger charge is 2.26. The highest BCUT2D eigenvalue weighted by Crippen LogP contribution is 2.28. The Morgan fingerprint density at radius 3 is 2.24 bits per heavy atom. The van der Waals surface area contributed by atoms with Gasteiger partial charge in [0.25, 0.3) is 0 Å². The summed E-state index contributed by atoms with van der Waals surface area (Å²) in [6.45, 7) is 9.55. The molecule has 1 unspecified atom stereocenters. The first-order chi connectivity index (χ1) is 12.2. The van der Waals surface area contributed by atoms with Gasteiger partial charge in [-0.05, 0) is 58.5 Å². The van der Waals surface area contributed by atoms with Gasteiger partial charge in [0.2, 0.25) is 0 Å². The van der Waals surface area contributed by atoms with Crippen LogP contribution in [0.5, 0.6) is 0 Å². The van der Waals surface area contributed by atoms with Crippen LogP contribution in [0.15, 0.2) is 36.7 Å². The molecule has 1 heterocycles. The van der Waals surface area contributed by atoms with E-state index in [1.807, 2.05) is 25.7 Å². The van der Waals surface area contributed by atoms with Crippen molar-refractivity contribution in [2.75, 3.05) is 19.8 Å². The van der Waals surface area contributed by atoms with Crippen molar-refractivity contribution in [1.29, 1.82) is 5.26 Å². The van der Waals surface area contributed by atoms with Gasteiger partial charge in [0.15, 0.2) is 0 Å². The monoisotopic (exact) mass is 366 g/mol. The van der Waals surface area contributed by atoms with Crippen LogP contribution < -0.4 is 0 Å². The molecule has 0 aromatic heterocycles. The van der Waals surface area contributed by atoms with Crippen molar-refractivity contribution in [3.63, 3.8) is 0 Å². The zero-order valence-corrected chi connectivity index (χ0v) is 17.2. The maximum absolute atomic E-state index is 11.9. The van der Waals surface area contributed by atoms with Gasteiger partial charge < -0.3 is 4.90 Å². The average Bonchev–Trinajstić information content (AvgIpc) is 2.68. The summed E-state index contributed by atoms with van der Waals surface area (Å²) in [5.41, 5.74) is 0. The number of nitriles is 1. The topological polar surface area (TPSA) is 27.0 Å². The van der Waals surface area contributed by atoms with E-state index in [0.717, 1.165) is 18.9 Å². The van der Waals surface area contributed by atoms with Gasteiger partial charge in [-0.3, -0.25) is 0 Å². The molecule has 0 aromatic rings. The van der Waals surface area contributed by atoms with Crippen molar-refractivity contribution in [1.82, 2.24) is 4.90 Å². The second-order valence-corrected chi connectivity index (χ2v) is 6.41. The van der Waals surface area contributed by atoms with Crippen LogP contribution in [0.1, 0.15) is 58.3 Å². The molecule has 4 heteroatoms. The van der Waals surface area contributed by atoms with Gasteiger partial charge in [-0.2, -0.15) is 5.26 Å². The van der Waals surface area contributed by atoms with Crippen molar-refractivity contribution in [2.24, 2.45) is 5.92 Å². The van der Waals surface area contributed by atoms with Crippen LogP contribution in [0.4, 0.5) is 4.39 Å². The Bertz CT molecular complexity index is 426. The molecule has 0 aromatic carbocycles. The molecule has 0 spiro atoms. The van der Waals surface area contributed by atoms with E-state index in [1.165, 1.54) is 45.2 Å². The summed E-state index contributed by atoms with van der Waals surface area (Å²) >= 11 is 0. The quantitative estimate of drug-likeness (QED) is 0.448. The van der Waals surface area contributed by atoms with E-state index in [-0.39, 0.29) is 5.83 Å². The second kappa shape index (κ2) is 16.5. The number of allylic oxidation sites excluding steroid dienone is 5. The number of likely N-dealkylation sites (tertiary alicyclic amines) is 1. The molecule has 0 bridgehead atoms. The van der Waals surface area contributed by atoms with Gasteiger partial charge in [0, 0.05) is 18.4 Å². The summed E-state index contributed by atoms with van der Waals surface area (Å²) in [7, 11) is 2.42. The predicted octanol–water partition coefficient (Wildman–Crippen LogP) is 6.04. The molecule has 2 aliphatic rings. The molecule has 2 rings (SSSR count). The predicted molar refractivity (Wildman–Crippen MR) is 111 cm³/mol. The molecule has 1 saturated carbocycles. The summed E-state index contributed by atoms with van der Waals surface area (Å²) in [4.78, 5) is 2.66. The third kappa shape index (κ3) is 12.1. The molecule has 0 amide bonds. The SMILES string of the molecule is C=C(F)C/C=C\C=C/C.CP.N#CC1CCC(N2CCCCC2)CC1. The minimum atomic E-state index is -0.296. The van der Waals surface area contributed by atoms with Crippen LogP contribution in [0.25, 0.3) is 0 Å². The molecule has 2 nitrogen and oxygen atoms in total. The molecule has 1 aliphatic heterocycles. The second-order valence-electron chi connectivity index (χ2n) is 6.41. The van der Waals surface area contributed by atoms with E-state index in [0.29, 0.717) is 12.3 Å². The minimum Gasteiger partial charge on any atom is -0.300 e.